The third-order valence-corrected chi connectivity index (χ3v) is 9.10. The zero-order valence-electron chi connectivity index (χ0n) is 21.1. The number of carbonyl (C=O) groups is 1. The second kappa shape index (κ2) is 9.47. The van der Waals surface area contributed by atoms with Crippen molar-refractivity contribution in [1.82, 2.24) is 9.78 Å². The first-order valence-electron chi connectivity index (χ1n) is 12.9. The molecule has 1 heterocycles. The molecule has 0 saturated heterocycles. The van der Waals surface area contributed by atoms with Crippen LogP contribution in [0.3, 0.4) is 0 Å². The van der Waals surface area contributed by atoms with Crippen LogP contribution in [0.2, 0.25) is 0 Å². The normalized spacial score (nSPS) is 26.1. The Balaban J connectivity index is 1.35. The summed E-state index contributed by atoms with van der Waals surface area (Å²) in [5.41, 5.74) is 4.62. The Morgan fingerprint density at radius 1 is 1.13 bits per heavy atom. The average Bonchev–Trinajstić information content (AvgIpc) is 3.29. The highest BCUT2D eigenvalue weighted by Crippen LogP contribution is 2.59. The molecule has 9 heteroatoms. The van der Waals surface area contributed by atoms with Gasteiger partial charge in [-0.05, 0) is 91.8 Å². The van der Waals surface area contributed by atoms with Gasteiger partial charge < -0.3 is 5.32 Å². The largest absolute Gasteiger partial charge is 0.392 e. The van der Waals surface area contributed by atoms with Gasteiger partial charge in [0.25, 0.3) is 0 Å². The van der Waals surface area contributed by atoms with Crippen molar-refractivity contribution in [3.05, 3.63) is 93.5 Å². The van der Waals surface area contributed by atoms with Gasteiger partial charge in [-0.2, -0.15) is 18.3 Å². The molecule has 6 rings (SSSR count). The quantitative estimate of drug-likeness (QED) is 0.246. The molecule has 4 nitrogen and oxygen atoms in total. The van der Waals surface area contributed by atoms with E-state index in [0.717, 1.165) is 32.6 Å². The third kappa shape index (κ3) is 4.54. The van der Waals surface area contributed by atoms with Gasteiger partial charge in [-0.25, -0.2) is 9.07 Å². The van der Waals surface area contributed by atoms with E-state index in [0.29, 0.717) is 24.9 Å². The molecule has 1 fully saturated rings. The minimum Gasteiger partial charge on any atom is -0.326 e. The van der Waals surface area contributed by atoms with Gasteiger partial charge in [0.2, 0.25) is 5.91 Å². The standard InChI is InChI=1S/C30H26BrF4N3O/c1-29-15-17-16-36-38(22-9-5-20(32)6-10-22)26(17)14-18(29)2-11-23-24(29)12-13-25(30(33,34)35)27(23)28(39)37-21-7-3-19(31)4-8-21/h3-10,12,14,16,23,25,27H,2,11,13,15H2,1H3,(H,37,39)/t23-,25+,27+,29-/m0/s1. The first kappa shape index (κ1) is 26.0. The van der Waals surface area contributed by atoms with Crippen LogP contribution in [0.5, 0.6) is 0 Å². The number of amides is 1. The number of hydrogen-bond donors (Lipinski definition) is 1. The van der Waals surface area contributed by atoms with Crippen LogP contribution in [-0.4, -0.2) is 21.9 Å². The molecule has 0 unspecified atom stereocenters. The van der Waals surface area contributed by atoms with Gasteiger partial charge in [0, 0.05) is 15.6 Å². The molecule has 3 aliphatic rings. The van der Waals surface area contributed by atoms with E-state index in [1.54, 1.807) is 53.4 Å². The monoisotopic (exact) mass is 599 g/mol. The summed E-state index contributed by atoms with van der Waals surface area (Å²) in [7, 11) is 0. The van der Waals surface area contributed by atoms with Crippen molar-refractivity contribution in [2.75, 3.05) is 5.32 Å². The maximum Gasteiger partial charge on any atom is 0.392 e. The summed E-state index contributed by atoms with van der Waals surface area (Å²) >= 11 is 3.34. The summed E-state index contributed by atoms with van der Waals surface area (Å²) in [5.74, 6) is -4.39. The summed E-state index contributed by atoms with van der Waals surface area (Å²) in [5, 5.41) is 7.30. The Morgan fingerprint density at radius 3 is 2.54 bits per heavy atom. The minimum atomic E-state index is -4.49. The number of aromatic nitrogens is 2. The van der Waals surface area contributed by atoms with Gasteiger partial charge in [-0.1, -0.05) is 40.1 Å². The smallest absolute Gasteiger partial charge is 0.326 e. The highest BCUT2D eigenvalue weighted by atomic mass is 79.9. The van der Waals surface area contributed by atoms with Gasteiger partial charge in [-0.15, -0.1) is 0 Å². The number of nitrogens with one attached hydrogen (secondary N) is 1. The molecule has 39 heavy (non-hydrogen) atoms. The molecule has 1 aromatic heterocycles. The molecule has 2 aromatic carbocycles. The first-order chi connectivity index (χ1) is 18.5. The average molecular weight is 600 g/mol. The zero-order valence-corrected chi connectivity index (χ0v) is 22.7. The van der Waals surface area contributed by atoms with Crippen molar-refractivity contribution in [3.8, 4) is 5.69 Å². The third-order valence-electron chi connectivity index (χ3n) is 8.58. The van der Waals surface area contributed by atoms with E-state index in [9.17, 15) is 22.4 Å². The van der Waals surface area contributed by atoms with Crippen LogP contribution >= 0.6 is 15.9 Å². The van der Waals surface area contributed by atoms with E-state index in [4.69, 9.17) is 0 Å². The van der Waals surface area contributed by atoms with E-state index in [1.165, 1.54) is 12.1 Å². The lowest BCUT2D eigenvalue weighted by molar-refractivity contribution is -0.196. The molecule has 1 amide bonds. The lowest BCUT2D eigenvalue weighted by Gasteiger charge is -2.50. The summed E-state index contributed by atoms with van der Waals surface area (Å²) in [6.45, 7) is 2.08. The number of fused-ring (bicyclic) bond motifs is 4. The van der Waals surface area contributed by atoms with Gasteiger partial charge in [0.05, 0.1) is 29.4 Å². The maximum atomic E-state index is 14.3. The van der Waals surface area contributed by atoms with Gasteiger partial charge >= 0.3 is 6.18 Å². The summed E-state index contributed by atoms with van der Waals surface area (Å²) in [4.78, 5) is 13.5. The number of alkyl halides is 3. The number of rotatable bonds is 3. The number of benzene rings is 2. The number of nitrogens with zero attached hydrogens (tertiary/aromatic N) is 2. The van der Waals surface area contributed by atoms with Crippen molar-refractivity contribution in [3.63, 3.8) is 0 Å². The number of allylic oxidation sites excluding steroid dienone is 3. The molecule has 0 bridgehead atoms. The van der Waals surface area contributed by atoms with Gasteiger partial charge in [0.15, 0.2) is 0 Å². The van der Waals surface area contributed by atoms with Crippen molar-refractivity contribution >= 4 is 33.6 Å². The van der Waals surface area contributed by atoms with Crippen molar-refractivity contribution in [2.24, 2.45) is 23.2 Å². The SMILES string of the molecule is C[C@]12Cc3cnn(-c4ccc(F)cc4)c3C=C1CC[C@H]1C2=CC[C@@H](C(F)(F)F)[C@@H]1C(=O)Nc1ccc(Br)cc1. The predicted octanol–water partition coefficient (Wildman–Crippen LogP) is 7.89. The molecule has 3 aromatic rings. The van der Waals surface area contributed by atoms with Crippen molar-refractivity contribution in [1.29, 1.82) is 0 Å². The Kier molecular flexibility index (Phi) is 6.32. The molecule has 4 atom stereocenters. The van der Waals surface area contributed by atoms with E-state index < -0.39 is 35.3 Å². The maximum absolute atomic E-state index is 14.3. The fourth-order valence-corrected chi connectivity index (χ4v) is 6.96. The fourth-order valence-electron chi connectivity index (χ4n) is 6.69. The first-order valence-corrected chi connectivity index (χ1v) is 13.7. The topological polar surface area (TPSA) is 46.9 Å². The van der Waals surface area contributed by atoms with Crippen LogP contribution in [0.1, 0.15) is 37.4 Å². The van der Waals surface area contributed by atoms with Crippen LogP contribution in [0.25, 0.3) is 11.8 Å². The number of carbonyl (C=O) groups excluding carboxylic acids is 1. The number of halogens is 5. The van der Waals surface area contributed by atoms with Crippen LogP contribution in [0, 0.1) is 29.0 Å². The Labute approximate surface area is 231 Å². The van der Waals surface area contributed by atoms with Crippen LogP contribution in [0.4, 0.5) is 23.2 Å². The Hall–Kier alpha value is -3.20. The minimum absolute atomic E-state index is 0.224. The van der Waals surface area contributed by atoms with E-state index >= 15 is 0 Å². The lowest BCUT2D eigenvalue weighted by Crippen LogP contribution is -2.49. The molecule has 202 valence electrons. The molecule has 0 radical (unpaired) electrons. The van der Waals surface area contributed by atoms with E-state index in [-0.39, 0.29) is 12.2 Å². The van der Waals surface area contributed by atoms with Crippen molar-refractivity contribution < 1.29 is 22.4 Å². The second-order valence-electron chi connectivity index (χ2n) is 10.8. The molecular weight excluding hydrogens is 574 g/mol. The van der Waals surface area contributed by atoms with Gasteiger partial charge in [0.1, 0.15) is 5.82 Å². The molecule has 3 aliphatic carbocycles. The van der Waals surface area contributed by atoms with E-state index in [2.05, 4.69) is 39.3 Å². The molecule has 1 N–H and O–H groups in total. The van der Waals surface area contributed by atoms with E-state index in [1.807, 2.05) is 0 Å². The summed E-state index contributed by atoms with van der Waals surface area (Å²) in [6.07, 6.45) is 2.51. The van der Waals surface area contributed by atoms with Crippen LogP contribution < -0.4 is 5.32 Å². The van der Waals surface area contributed by atoms with Crippen LogP contribution in [-0.2, 0) is 11.2 Å². The van der Waals surface area contributed by atoms with Crippen molar-refractivity contribution in [2.45, 2.75) is 38.8 Å². The Morgan fingerprint density at radius 2 is 1.85 bits per heavy atom. The number of hydrogen-bond acceptors (Lipinski definition) is 2. The second-order valence-corrected chi connectivity index (χ2v) is 11.7. The fraction of sp³-hybridized carbons (Fsp3) is 0.333. The zero-order chi connectivity index (χ0) is 27.5. The highest BCUT2D eigenvalue weighted by Gasteiger charge is 2.56. The van der Waals surface area contributed by atoms with Crippen LogP contribution in [0.15, 0.2) is 76.4 Å². The summed E-state index contributed by atoms with van der Waals surface area (Å²) in [6, 6.07) is 12.9. The molecular formula is C30H26BrF4N3O. The lowest BCUT2D eigenvalue weighted by atomic mass is 9.54. The predicted molar refractivity (Wildman–Crippen MR) is 145 cm³/mol. The molecule has 0 aliphatic heterocycles. The highest BCUT2D eigenvalue weighted by molar-refractivity contribution is 9.10. The number of anilines is 1. The van der Waals surface area contributed by atoms with Gasteiger partial charge in [-0.3, -0.25) is 4.79 Å². The molecule has 1 saturated carbocycles. The Bertz CT molecular complexity index is 1490. The summed E-state index contributed by atoms with van der Waals surface area (Å²) < 4.78 is 58.8. The molecule has 0 spiro atoms.